The molecule has 0 aliphatic carbocycles. The van der Waals surface area contributed by atoms with E-state index < -0.39 is 0 Å². The molecule has 0 aromatic rings. The summed E-state index contributed by atoms with van der Waals surface area (Å²) in [6.45, 7) is 8.85. The van der Waals surface area contributed by atoms with Crippen molar-refractivity contribution in [2.75, 3.05) is 0 Å². The summed E-state index contributed by atoms with van der Waals surface area (Å²) in [7, 11) is 3.73. The van der Waals surface area contributed by atoms with Crippen LogP contribution in [0.5, 0.6) is 0 Å². The Kier molecular flexibility index (Phi) is 2.48. The van der Waals surface area contributed by atoms with Crippen molar-refractivity contribution in [2.45, 2.75) is 33.7 Å². The van der Waals surface area contributed by atoms with Gasteiger partial charge in [0.25, 0.3) is 0 Å². The van der Waals surface area contributed by atoms with E-state index in [9.17, 15) is 0 Å². The van der Waals surface area contributed by atoms with Crippen molar-refractivity contribution < 1.29 is 5.32 Å². The van der Waals surface area contributed by atoms with Gasteiger partial charge in [0.05, 0.1) is 6.04 Å². The molecule has 0 saturated heterocycles. The van der Waals surface area contributed by atoms with Gasteiger partial charge >= 0.3 is 0 Å². The predicted octanol–water partition coefficient (Wildman–Crippen LogP) is 0.776. The van der Waals surface area contributed by atoms with Crippen molar-refractivity contribution in [2.24, 2.45) is 5.41 Å². The van der Waals surface area contributed by atoms with Crippen LogP contribution in [0.15, 0.2) is 0 Å². The molecule has 0 aromatic carbocycles. The van der Waals surface area contributed by atoms with Gasteiger partial charge in [0.1, 0.15) is 0 Å². The third-order valence-electron chi connectivity index (χ3n) is 1.72. The van der Waals surface area contributed by atoms with Crippen LogP contribution in [0.4, 0.5) is 0 Å². The van der Waals surface area contributed by atoms with E-state index in [0.29, 0.717) is 11.5 Å². The zero-order valence-electron chi connectivity index (χ0n) is 6.36. The van der Waals surface area contributed by atoms with E-state index in [1.165, 1.54) is 0 Å². The summed E-state index contributed by atoms with van der Waals surface area (Å²) >= 11 is 0. The fraction of sp³-hybridized carbons (Fsp3) is 0.857. The van der Waals surface area contributed by atoms with Gasteiger partial charge in [-0.05, 0) is 6.92 Å². The standard InChI is InChI=1S/C7H17N/c1-6(8-5)7(2,3)4/h6H,5,8H2,1-4H3/t6-/m1/s1. The molecule has 0 heterocycles. The monoisotopic (exact) mass is 115 g/mol. The van der Waals surface area contributed by atoms with Gasteiger partial charge in [0, 0.05) is 5.41 Å². The molecule has 0 saturated carbocycles. The Morgan fingerprint density at radius 2 is 1.75 bits per heavy atom. The summed E-state index contributed by atoms with van der Waals surface area (Å²) in [5.74, 6) is 0. The quantitative estimate of drug-likeness (QED) is 0.486. The minimum Gasteiger partial charge on any atom is -0.476 e. The van der Waals surface area contributed by atoms with E-state index in [1.807, 2.05) is 5.32 Å². The fourth-order valence-electron chi connectivity index (χ4n) is 0.354. The molecular weight excluding hydrogens is 98.1 g/mol. The van der Waals surface area contributed by atoms with Crippen molar-refractivity contribution in [3.63, 3.8) is 0 Å². The van der Waals surface area contributed by atoms with Crippen LogP contribution in [0.1, 0.15) is 27.7 Å². The lowest BCUT2D eigenvalue weighted by molar-refractivity contribution is -0.643. The molecule has 0 aliphatic heterocycles. The van der Waals surface area contributed by atoms with Gasteiger partial charge < -0.3 is 5.32 Å². The van der Waals surface area contributed by atoms with E-state index >= 15 is 0 Å². The van der Waals surface area contributed by atoms with Crippen molar-refractivity contribution in [3.05, 3.63) is 7.05 Å². The second-order valence-electron chi connectivity index (χ2n) is 3.39. The van der Waals surface area contributed by atoms with Gasteiger partial charge in [-0.25, -0.2) is 0 Å². The second-order valence-corrected chi connectivity index (χ2v) is 3.39. The van der Waals surface area contributed by atoms with Gasteiger partial charge in [0.2, 0.25) is 0 Å². The summed E-state index contributed by atoms with van der Waals surface area (Å²) in [5.41, 5.74) is 0.391. The van der Waals surface area contributed by atoms with Gasteiger partial charge in [-0.1, -0.05) is 20.8 Å². The van der Waals surface area contributed by atoms with Gasteiger partial charge in [0.15, 0.2) is 0 Å². The number of nitrogens with two attached hydrogens (primary N) is 1. The Balaban J connectivity index is 3.62. The molecule has 2 N–H and O–H groups in total. The summed E-state index contributed by atoms with van der Waals surface area (Å²) in [6.07, 6.45) is 0. The number of rotatable bonds is 1. The molecule has 0 rings (SSSR count). The molecule has 0 spiro atoms. The second kappa shape index (κ2) is 2.49. The van der Waals surface area contributed by atoms with Crippen LogP contribution in [0.2, 0.25) is 0 Å². The maximum absolute atomic E-state index is 3.73. The highest BCUT2D eigenvalue weighted by molar-refractivity contribution is 4.66. The van der Waals surface area contributed by atoms with E-state index in [0.717, 1.165) is 0 Å². The van der Waals surface area contributed by atoms with Crippen LogP contribution in [0.25, 0.3) is 0 Å². The van der Waals surface area contributed by atoms with Crippen molar-refractivity contribution >= 4 is 0 Å². The topological polar surface area (TPSA) is 16.6 Å². The molecule has 0 aromatic heterocycles. The third-order valence-corrected chi connectivity index (χ3v) is 1.72. The Morgan fingerprint density at radius 3 is 1.75 bits per heavy atom. The lowest BCUT2D eigenvalue weighted by atomic mass is 9.88. The first-order valence-corrected chi connectivity index (χ1v) is 3.11. The highest BCUT2D eigenvalue weighted by Crippen LogP contribution is 2.14. The molecule has 0 bridgehead atoms. The van der Waals surface area contributed by atoms with Crippen molar-refractivity contribution in [1.29, 1.82) is 0 Å². The van der Waals surface area contributed by atoms with Crippen LogP contribution in [-0.2, 0) is 0 Å². The first-order valence-electron chi connectivity index (χ1n) is 3.11. The summed E-state index contributed by atoms with van der Waals surface area (Å²) in [4.78, 5) is 0. The first-order chi connectivity index (χ1) is 3.48. The highest BCUT2D eigenvalue weighted by Gasteiger charge is 2.18. The largest absolute Gasteiger partial charge is 0.476 e. The predicted molar refractivity (Wildman–Crippen MR) is 36.2 cm³/mol. The van der Waals surface area contributed by atoms with Crippen LogP contribution < -0.4 is 5.32 Å². The zero-order valence-corrected chi connectivity index (χ0v) is 6.36. The molecule has 0 amide bonds. The Morgan fingerprint density at radius 1 is 1.38 bits per heavy atom. The lowest BCUT2D eigenvalue weighted by Crippen LogP contribution is -2.85. The van der Waals surface area contributed by atoms with E-state index in [4.69, 9.17) is 0 Å². The molecular formula is C7H17N. The molecule has 0 fully saturated rings. The van der Waals surface area contributed by atoms with Crippen LogP contribution >= 0.6 is 0 Å². The van der Waals surface area contributed by atoms with E-state index in [2.05, 4.69) is 34.7 Å². The van der Waals surface area contributed by atoms with E-state index in [-0.39, 0.29) is 0 Å². The first kappa shape index (κ1) is 7.96. The third kappa shape index (κ3) is 2.31. The Labute approximate surface area is 52.5 Å². The van der Waals surface area contributed by atoms with Crippen LogP contribution in [0, 0.1) is 12.5 Å². The zero-order chi connectivity index (χ0) is 6.78. The summed E-state index contributed by atoms with van der Waals surface area (Å²) in [5, 5.41) is 2.00. The molecule has 0 radical (unpaired) electrons. The van der Waals surface area contributed by atoms with Gasteiger partial charge in [-0.15, -0.1) is 0 Å². The molecule has 0 aliphatic rings. The fourth-order valence-corrected chi connectivity index (χ4v) is 0.354. The van der Waals surface area contributed by atoms with Crippen molar-refractivity contribution in [3.8, 4) is 0 Å². The maximum Gasteiger partial charge on any atom is 0.0640 e. The number of hydrogen-bond donors (Lipinski definition) is 1. The van der Waals surface area contributed by atoms with Crippen LogP contribution in [0.3, 0.4) is 0 Å². The number of hydrogen-bond acceptors (Lipinski definition) is 0. The van der Waals surface area contributed by atoms with Crippen LogP contribution in [-0.4, -0.2) is 6.04 Å². The van der Waals surface area contributed by atoms with Crippen molar-refractivity contribution in [1.82, 2.24) is 0 Å². The lowest BCUT2D eigenvalue weighted by Gasteiger charge is -2.25. The minimum absolute atomic E-state index is 0.391. The average Bonchev–Trinajstić information content (AvgIpc) is 1.62. The molecule has 50 valence electrons. The van der Waals surface area contributed by atoms with Gasteiger partial charge in [-0.3, -0.25) is 0 Å². The number of quaternary nitrogens is 1. The molecule has 1 heteroatoms. The highest BCUT2D eigenvalue weighted by atomic mass is 14.9. The average molecular weight is 115 g/mol. The normalized spacial score (nSPS) is 16.1. The molecule has 1 nitrogen and oxygen atoms in total. The molecule has 0 unspecified atom stereocenters. The molecule has 8 heavy (non-hydrogen) atoms. The van der Waals surface area contributed by atoms with Gasteiger partial charge in [-0.2, -0.15) is 7.05 Å². The Hall–Kier alpha value is -0.0400. The Bertz CT molecular complexity index is 61.3. The minimum atomic E-state index is 0.391. The molecule has 1 atom stereocenters. The summed E-state index contributed by atoms with van der Waals surface area (Å²) in [6, 6.07) is 0.613. The maximum atomic E-state index is 3.73. The SMILES string of the molecule is [CH2-][NH2+][C@H](C)C(C)(C)C. The van der Waals surface area contributed by atoms with E-state index in [1.54, 1.807) is 0 Å². The summed E-state index contributed by atoms with van der Waals surface area (Å²) < 4.78 is 0. The smallest absolute Gasteiger partial charge is 0.0640 e.